The van der Waals surface area contributed by atoms with Crippen LogP contribution in [-0.4, -0.2) is 26.1 Å². The number of benzene rings is 3. The highest BCUT2D eigenvalue weighted by Crippen LogP contribution is 2.36. The molecule has 1 heterocycles. The summed E-state index contributed by atoms with van der Waals surface area (Å²) in [5.74, 6) is 1.21. The lowest BCUT2D eigenvalue weighted by atomic mass is 10.1. The fraction of sp³-hybridized carbons (Fsp3) is 0.167. The lowest BCUT2D eigenvalue weighted by molar-refractivity contribution is 0.102. The summed E-state index contributed by atoms with van der Waals surface area (Å²) in [4.78, 5) is 12.7. The minimum Gasteiger partial charge on any atom is -0.489 e. The van der Waals surface area contributed by atoms with Crippen molar-refractivity contribution in [2.24, 2.45) is 0 Å². The van der Waals surface area contributed by atoms with Crippen LogP contribution in [0.5, 0.6) is 5.75 Å². The van der Waals surface area contributed by atoms with E-state index >= 15 is 0 Å². The van der Waals surface area contributed by atoms with Crippen molar-refractivity contribution in [2.45, 2.75) is 25.5 Å². The summed E-state index contributed by atoms with van der Waals surface area (Å²) in [5.41, 5.74) is 3.23. The van der Waals surface area contributed by atoms with Gasteiger partial charge in [-0.1, -0.05) is 36.4 Å². The van der Waals surface area contributed by atoms with Gasteiger partial charge in [-0.3, -0.25) is 4.79 Å². The minimum absolute atomic E-state index is 0.194. The maximum Gasteiger partial charge on any atom is 0.255 e. The highest BCUT2D eigenvalue weighted by atomic mass is 16.5. The van der Waals surface area contributed by atoms with Gasteiger partial charge < -0.3 is 10.1 Å². The van der Waals surface area contributed by atoms with Crippen LogP contribution in [0.15, 0.2) is 78.9 Å². The zero-order valence-corrected chi connectivity index (χ0v) is 16.8. The summed E-state index contributed by atoms with van der Waals surface area (Å²) < 4.78 is 7.69. The Kier molecular flexibility index (Phi) is 5.14. The number of carbonyl (C=O) groups excluding carboxylic acids is 1. The molecule has 1 aliphatic rings. The Morgan fingerprint density at radius 2 is 1.81 bits per heavy atom. The van der Waals surface area contributed by atoms with E-state index in [1.807, 2.05) is 71.4 Å². The molecule has 0 radical (unpaired) electrons. The van der Waals surface area contributed by atoms with E-state index in [-0.39, 0.29) is 5.91 Å². The average molecular weight is 411 g/mol. The van der Waals surface area contributed by atoms with Gasteiger partial charge in [0.15, 0.2) is 5.82 Å². The number of rotatable bonds is 7. The second-order valence-electron chi connectivity index (χ2n) is 7.51. The van der Waals surface area contributed by atoms with Gasteiger partial charge in [0.05, 0.1) is 6.04 Å². The largest absolute Gasteiger partial charge is 0.489 e. The SMILES string of the molecule is O=C(Nc1ccc(-c2nnnn2C2CC2)cc1)c1cccc(OCc2ccccc2)c1. The molecule has 5 rings (SSSR count). The van der Waals surface area contributed by atoms with Crippen molar-refractivity contribution in [3.8, 4) is 17.1 Å². The van der Waals surface area contributed by atoms with E-state index in [1.165, 1.54) is 0 Å². The van der Waals surface area contributed by atoms with Gasteiger partial charge in [-0.2, -0.15) is 0 Å². The Bertz CT molecular complexity index is 1180. The van der Waals surface area contributed by atoms with Crippen molar-refractivity contribution in [3.63, 3.8) is 0 Å². The standard InChI is InChI=1S/C24H21N5O2/c30-24(19-7-4-8-22(15-19)31-16-17-5-2-1-3-6-17)25-20-11-9-18(10-12-20)23-26-27-28-29(23)21-13-14-21/h1-12,15,21H,13-14,16H2,(H,25,30). The third kappa shape index (κ3) is 4.45. The zero-order chi connectivity index (χ0) is 21.0. The second-order valence-corrected chi connectivity index (χ2v) is 7.51. The van der Waals surface area contributed by atoms with E-state index in [9.17, 15) is 4.79 Å². The monoisotopic (exact) mass is 411 g/mol. The number of tetrazole rings is 1. The van der Waals surface area contributed by atoms with Crippen LogP contribution < -0.4 is 10.1 Å². The van der Waals surface area contributed by atoms with Gasteiger partial charge in [-0.25, -0.2) is 4.68 Å². The predicted octanol–water partition coefficient (Wildman–Crippen LogP) is 4.51. The van der Waals surface area contributed by atoms with E-state index in [1.54, 1.807) is 12.1 Å². The van der Waals surface area contributed by atoms with Crippen LogP contribution >= 0.6 is 0 Å². The summed E-state index contributed by atoms with van der Waals surface area (Å²) in [5, 5.41) is 14.9. The van der Waals surface area contributed by atoms with E-state index in [4.69, 9.17) is 4.74 Å². The Balaban J connectivity index is 1.24. The summed E-state index contributed by atoms with van der Waals surface area (Å²) in [6.07, 6.45) is 2.22. The van der Waals surface area contributed by atoms with Crippen LogP contribution in [0.2, 0.25) is 0 Å². The average Bonchev–Trinajstić information content (AvgIpc) is 3.55. The van der Waals surface area contributed by atoms with Gasteiger partial charge in [0.1, 0.15) is 12.4 Å². The summed E-state index contributed by atoms with van der Waals surface area (Å²) in [6, 6.07) is 25.0. The zero-order valence-electron chi connectivity index (χ0n) is 16.8. The summed E-state index contributed by atoms with van der Waals surface area (Å²) in [6.45, 7) is 0.452. The molecule has 0 atom stereocenters. The number of nitrogens with one attached hydrogen (secondary N) is 1. The highest BCUT2D eigenvalue weighted by molar-refractivity contribution is 6.04. The molecule has 0 bridgehead atoms. The number of aromatic nitrogens is 4. The van der Waals surface area contributed by atoms with Crippen LogP contribution in [0.1, 0.15) is 34.8 Å². The fourth-order valence-electron chi connectivity index (χ4n) is 3.32. The van der Waals surface area contributed by atoms with Gasteiger partial charge in [0.25, 0.3) is 5.91 Å². The first kappa shape index (κ1) is 19.0. The van der Waals surface area contributed by atoms with Crippen molar-refractivity contribution in [1.29, 1.82) is 0 Å². The molecule has 31 heavy (non-hydrogen) atoms. The van der Waals surface area contributed by atoms with Crippen LogP contribution in [0.25, 0.3) is 11.4 Å². The first-order valence-electron chi connectivity index (χ1n) is 10.2. The van der Waals surface area contributed by atoms with E-state index in [0.29, 0.717) is 29.6 Å². The minimum atomic E-state index is -0.194. The van der Waals surface area contributed by atoms with Gasteiger partial charge in [0, 0.05) is 16.8 Å². The van der Waals surface area contributed by atoms with Crippen molar-refractivity contribution in [1.82, 2.24) is 20.2 Å². The van der Waals surface area contributed by atoms with E-state index in [2.05, 4.69) is 20.8 Å². The molecule has 0 saturated heterocycles. The van der Waals surface area contributed by atoms with Crippen LogP contribution in [0.3, 0.4) is 0 Å². The summed E-state index contributed by atoms with van der Waals surface area (Å²) in [7, 11) is 0. The van der Waals surface area contributed by atoms with Crippen molar-refractivity contribution in [3.05, 3.63) is 90.0 Å². The van der Waals surface area contributed by atoms with Gasteiger partial charge in [-0.15, -0.1) is 5.10 Å². The maximum absolute atomic E-state index is 12.7. The molecule has 1 fully saturated rings. The first-order chi connectivity index (χ1) is 15.3. The number of hydrogen-bond donors (Lipinski definition) is 1. The molecule has 0 spiro atoms. The Hall–Kier alpha value is -4.00. The highest BCUT2D eigenvalue weighted by Gasteiger charge is 2.28. The van der Waals surface area contributed by atoms with Gasteiger partial charge in [0.2, 0.25) is 0 Å². The number of ether oxygens (including phenoxy) is 1. The molecule has 4 aromatic rings. The molecule has 3 aromatic carbocycles. The van der Waals surface area contributed by atoms with E-state index in [0.717, 1.165) is 29.8 Å². The molecule has 1 amide bonds. The quantitative estimate of drug-likeness (QED) is 0.484. The normalized spacial score (nSPS) is 13.0. The number of carbonyl (C=O) groups is 1. The molecular weight excluding hydrogens is 390 g/mol. The molecule has 7 nitrogen and oxygen atoms in total. The topological polar surface area (TPSA) is 81.9 Å². The third-order valence-corrected chi connectivity index (χ3v) is 5.13. The second kappa shape index (κ2) is 8.39. The van der Waals surface area contributed by atoms with Crippen molar-refractivity contribution >= 4 is 11.6 Å². The number of hydrogen-bond acceptors (Lipinski definition) is 5. The first-order valence-corrected chi connectivity index (χ1v) is 10.2. The Morgan fingerprint density at radius 3 is 2.58 bits per heavy atom. The molecule has 7 heteroatoms. The smallest absolute Gasteiger partial charge is 0.255 e. The Labute approximate surface area is 179 Å². The van der Waals surface area contributed by atoms with Crippen LogP contribution in [0.4, 0.5) is 5.69 Å². The third-order valence-electron chi connectivity index (χ3n) is 5.13. The lowest BCUT2D eigenvalue weighted by Gasteiger charge is -2.09. The molecule has 1 N–H and O–H groups in total. The molecule has 1 saturated carbocycles. The van der Waals surface area contributed by atoms with Crippen molar-refractivity contribution < 1.29 is 9.53 Å². The van der Waals surface area contributed by atoms with Crippen LogP contribution in [-0.2, 0) is 6.61 Å². The predicted molar refractivity (Wildman–Crippen MR) is 117 cm³/mol. The number of nitrogens with zero attached hydrogens (tertiary/aromatic N) is 4. The molecule has 1 aromatic heterocycles. The molecular formula is C24H21N5O2. The van der Waals surface area contributed by atoms with Crippen LogP contribution in [0, 0.1) is 0 Å². The Morgan fingerprint density at radius 1 is 1.00 bits per heavy atom. The van der Waals surface area contributed by atoms with Crippen molar-refractivity contribution in [2.75, 3.05) is 5.32 Å². The molecule has 154 valence electrons. The van der Waals surface area contributed by atoms with E-state index < -0.39 is 0 Å². The van der Waals surface area contributed by atoms with Gasteiger partial charge >= 0.3 is 0 Å². The molecule has 1 aliphatic carbocycles. The summed E-state index contributed by atoms with van der Waals surface area (Å²) >= 11 is 0. The lowest BCUT2D eigenvalue weighted by Crippen LogP contribution is -2.12. The number of amides is 1. The fourth-order valence-corrected chi connectivity index (χ4v) is 3.32. The number of anilines is 1. The molecule has 0 unspecified atom stereocenters. The maximum atomic E-state index is 12.7. The van der Waals surface area contributed by atoms with Gasteiger partial charge in [-0.05, 0) is 71.3 Å². The molecule has 0 aliphatic heterocycles.